The maximum Gasteiger partial charge on any atom is 0.303 e. The molecule has 3 rings (SSSR count). The Hall–Kier alpha value is -1.33. The summed E-state index contributed by atoms with van der Waals surface area (Å²) in [7, 11) is 2.05. The molecule has 0 spiro atoms. The van der Waals surface area contributed by atoms with Crippen molar-refractivity contribution in [3.8, 4) is 0 Å². The lowest BCUT2D eigenvalue weighted by Gasteiger charge is -2.39. The highest BCUT2D eigenvalue weighted by Gasteiger charge is 2.34. The van der Waals surface area contributed by atoms with Crippen LogP contribution in [0, 0.1) is 5.92 Å². The summed E-state index contributed by atoms with van der Waals surface area (Å²) in [5, 5.41) is 9.09. The van der Waals surface area contributed by atoms with Gasteiger partial charge < -0.3 is 14.4 Å². The van der Waals surface area contributed by atoms with Gasteiger partial charge in [-0.25, -0.2) is 0 Å². The minimum atomic E-state index is -0.687. The molecule has 1 N–H and O–H groups in total. The van der Waals surface area contributed by atoms with E-state index >= 15 is 0 Å². The van der Waals surface area contributed by atoms with E-state index in [1.165, 1.54) is 11.3 Å². The molecule has 110 valence electrons. The quantitative estimate of drug-likeness (QED) is 0.909. The first kappa shape index (κ1) is 13.6. The second-order valence-corrected chi connectivity index (χ2v) is 5.90. The Kier molecular flexibility index (Phi) is 3.81. The van der Waals surface area contributed by atoms with Crippen molar-refractivity contribution < 1.29 is 14.6 Å². The van der Waals surface area contributed by atoms with Crippen LogP contribution >= 0.6 is 0 Å². The normalized spacial score (nSPS) is 27.2. The van der Waals surface area contributed by atoms with Crippen LogP contribution in [0.4, 0.5) is 0 Å². The van der Waals surface area contributed by atoms with Gasteiger partial charge in [0.1, 0.15) is 0 Å². The second kappa shape index (κ2) is 5.58. The number of rotatable bonds is 3. The molecule has 0 saturated carbocycles. The molecule has 1 aliphatic carbocycles. The minimum absolute atomic E-state index is 0.237. The molecular formula is C15H22N2O3. The molecule has 0 aromatic carbocycles. The third-order valence-corrected chi connectivity index (χ3v) is 4.58. The lowest BCUT2D eigenvalue weighted by atomic mass is 9.81. The first-order valence-corrected chi connectivity index (χ1v) is 7.33. The van der Waals surface area contributed by atoms with Gasteiger partial charge >= 0.3 is 5.97 Å². The van der Waals surface area contributed by atoms with E-state index in [9.17, 15) is 4.79 Å². The summed E-state index contributed by atoms with van der Waals surface area (Å²) < 4.78 is 7.58. The van der Waals surface area contributed by atoms with Crippen molar-refractivity contribution in [2.45, 2.75) is 25.3 Å². The Morgan fingerprint density at radius 3 is 2.90 bits per heavy atom. The topological polar surface area (TPSA) is 54.7 Å². The number of hydrogen-bond acceptors (Lipinski definition) is 3. The Labute approximate surface area is 119 Å². The molecule has 2 atom stereocenters. The van der Waals surface area contributed by atoms with E-state index in [0.717, 1.165) is 39.1 Å². The Morgan fingerprint density at radius 2 is 2.20 bits per heavy atom. The first-order chi connectivity index (χ1) is 9.65. The molecule has 0 amide bonds. The fraction of sp³-hybridized carbons (Fsp3) is 0.667. The number of carbonyl (C=O) groups is 1. The molecule has 0 bridgehead atoms. The van der Waals surface area contributed by atoms with Crippen molar-refractivity contribution >= 4 is 5.97 Å². The maximum absolute atomic E-state index is 11.0. The first-order valence-electron chi connectivity index (χ1n) is 7.33. The number of fused-ring (bicyclic) bond motifs is 1. The van der Waals surface area contributed by atoms with E-state index in [4.69, 9.17) is 9.84 Å². The van der Waals surface area contributed by atoms with Crippen LogP contribution in [0.25, 0.3) is 0 Å². The molecular weight excluding hydrogens is 256 g/mol. The number of carboxylic acid groups (broad SMARTS) is 1. The summed E-state index contributed by atoms with van der Waals surface area (Å²) in [5.74, 6) is -0.449. The lowest BCUT2D eigenvalue weighted by molar-refractivity contribution is -0.138. The van der Waals surface area contributed by atoms with Crippen LogP contribution < -0.4 is 0 Å². The highest BCUT2D eigenvalue weighted by atomic mass is 16.5. The molecule has 1 saturated heterocycles. The highest BCUT2D eigenvalue weighted by Crippen LogP contribution is 2.39. The van der Waals surface area contributed by atoms with E-state index < -0.39 is 5.97 Å². The average Bonchev–Trinajstić information content (AvgIpc) is 2.80. The number of nitrogens with zero attached hydrogens (tertiary/aromatic N) is 2. The van der Waals surface area contributed by atoms with Crippen LogP contribution in [-0.4, -0.2) is 46.8 Å². The van der Waals surface area contributed by atoms with Crippen LogP contribution in [0.2, 0.25) is 0 Å². The number of aryl methyl sites for hydroxylation is 1. The van der Waals surface area contributed by atoms with Crippen LogP contribution in [0.3, 0.4) is 0 Å². The second-order valence-electron chi connectivity index (χ2n) is 5.90. The predicted octanol–water partition coefficient (Wildman–Crippen LogP) is 1.44. The van der Waals surface area contributed by atoms with Gasteiger partial charge in [0.2, 0.25) is 0 Å². The van der Waals surface area contributed by atoms with Gasteiger partial charge in [0, 0.05) is 44.5 Å². The predicted molar refractivity (Wildman–Crippen MR) is 74.6 cm³/mol. The molecule has 5 heteroatoms. The van der Waals surface area contributed by atoms with Crippen LogP contribution in [-0.2, 0) is 23.0 Å². The van der Waals surface area contributed by atoms with E-state index in [0.29, 0.717) is 6.04 Å². The molecule has 5 nitrogen and oxygen atoms in total. The van der Waals surface area contributed by atoms with Crippen LogP contribution in [0.15, 0.2) is 12.3 Å². The van der Waals surface area contributed by atoms with E-state index in [1.807, 2.05) is 0 Å². The number of ether oxygens (including phenoxy) is 1. The molecule has 0 radical (unpaired) electrons. The largest absolute Gasteiger partial charge is 0.481 e. The molecule has 2 heterocycles. The van der Waals surface area contributed by atoms with Gasteiger partial charge in [-0.3, -0.25) is 9.69 Å². The molecule has 1 aliphatic heterocycles. The number of aromatic nitrogens is 1. The summed E-state index contributed by atoms with van der Waals surface area (Å²) in [6.07, 6.45) is 4.20. The molecule has 2 aliphatic rings. The zero-order valence-corrected chi connectivity index (χ0v) is 11.9. The monoisotopic (exact) mass is 278 g/mol. The molecule has 20 heavy (non-hydrogen) atoms. The van der Waals surface area contributed by atoms with Gasteiger partial charge in [-0.1, -0.05) is 0 Å². The van der Waals surface area contributed by atoms with Gasteiger partial charge in [-0.2, -0.15) is 0 Å². The molecule has 1 aromatic heterocycles. The summed E-state index contributed by atoms with van der Waals surface area (Å²) in [6.45, 7) is 3.45. The van der Waals surface area contributed by atoms with Gasteiger partial charge in [-0.05, 0) is 30.4 Å². The van der Waals surface area contributed by atoms with Crippen molar-refractivity contribution in [2.75, 3.05) is 26.3 Å². The van der Waals surface area contributed by atoms with E-state index in [1.54, 1.807) is 0 Å². The SMILES string of the molecule is Cn1ccc2c1CC(CC(=O)O)CC2N1CCOCC1. The van der Waals surface area contributed by atoms with Gasteiger partial charge in [0.25, 0.3) is 0 Å². The molecule has 2 unspecified atom stereocenters. The van der Waals surface area contributed by atoms with Crippen LogP contribution in [0.5, 0.6) is 0 Å². The number of morpholine rings is 1. The van der Waals surface area contributed by atoms with E-state index in [2.05, 4.69) is 28.8 Å². The van der Waals surface area contributed by atoms with Crippen molar-refractivity contribution in [3.05, 3.63) is 23.5 Å². The van der Waals surface area contributed by atoms with Crippen molar-refractivity contribution in [1.29, 1.82) is 0 Å². The Balaban J connectivity index is 1.85. The smallest absolute Gasteiger partial charge is 0.303 e. The zero-order chi connectivity index (χ0) is 14.1. The maximum atomic E-state index is 11.0. The molecule has 1 fully saturated rings. The lowest BCUT2D eigenvalue weighted by Crippen LogP contribution is -2.41. The van der Waals surface area contributed by atoms with Crippen molar-refractivity contribution in [2.24, 2.45) is 13.0 Å². The summed E-state index contributed by atoms with van der Waals surface area (Å²) in [6, 6.07) is 2.56. The van der Waals surface area contributed by atoms with E-state index in [-0.39, 0.29) is 12.3 Å². The summed E-state index contributed by atoms with van der Waals surface area (Å²) in [5.41, 5.74) is 2.69. The van der Waals surface area contributed by atoms with Crippen molar-refractivity contribution in [1.82, 2.24) is 9.47 Å². The highest BCUT2D eigenvalue weighted by molar-refractivity contribution is 5.67. The number of carboxylic acids is 1. The third kappa shape index (κ3) is 2.60. The fourth-order valence-electron chi connectivity index (χ4n) is 3.58. The standard InChI is InChI=1S/C15H22N2O3/c1-16-3-2-12-13(16)8-11(10-15(18)19)9-14(12)17-4-6-20-7-5-17/h2-3,11,14H,4-10H2,1H3,(H,18,19). The average molecular weight is 278 g/mol. The fourth-order valence-corrected chi connectivity index (χ4v) is 3.58. The van der Waals surface area contributed by atoms with Gasteiger partial charge in [0.05, 0.1) is 13.2 Å². The Bertz CT molecular complexity index is 491. The molecule has 1 aromatic rings. The van der Waals surface area contributed by atoms with Gasteiger partial charge in [0.15, 0.2) is 0 Å². The summed E-state index contributed by atoms with van der Waals surface area (Å²) >= 11 is 0. The number of hydrogen-bond donors (Lipinski definition) is 1. The zero-order valence-electron chi connectivity index (χ0n) is 11.9. The van der Waals surface area contributed by atoms with Gasteiger partial charge in [-0.15, -0.1) is 0 Å². The Morgan fingerprint density at radius 1 is 1.45 bits per heavy atom. The summed E-state index contributed by atoms with van der Waals surface area (Å²) in [4.78, 5) is 13.5. The minimum Gasteiger partial charge on any atom is -0.481 e. The third-order valence-electron chi connectivity index (χ3n) is 4.58. The van der Waals surface area contributed by atoms with Crippen molar-refractivity contribution in [3.63, 3.8) is 0 Å². The number of aliphatic carboxylic acids is 1. The van der Waals surface area contributed by atoms with Crippen LogP contribution in [0.1, 0.15) is 30.1 Å².